The first-order valence-electron chi connectivity index (χ1n) is 12.0. The summed E-state index contributed by atoms with van der Waals surface area (Å²) in [7, 11) is 1.58. The molecule has 0 bridgehead atoms. The summed E-state index contributed by atoms with van der Waals surface area (Å²) in [5, 5.41) is 2.95. The number of piperazine rings is 1. The molecule has 8 nitrogen and oxygen atoms in total. The molecule has 5 rings (SSSR count). The van der Waals surface area contributed by atoms with Gasteiger partial charge >= 0.3 is 0 Å². The van der Waals surface area contributed by atoms with Gasteiger partial charge in [0, 0.05) is 50.7 Å². The number of hydrogen-bond donors (Lipinski definition) is 1. The van der Waals surface area contributed by atoms with E-state index in [0.717, 1.165) is 36.5 Å². The SMILES string of the molecule is COc1ccc(C(=O)NC(C(=O)N2CCN(Cc3cn4ccccc4n3)CC2)c2ccccc2)cc1. The third-order valence-corrected chi connectivity index (χ3v) is 6.49. The summed E-state index contributed by atoms with van der Waals surface area (Å²) in [6.45, 7) is 3.41. The molecular formula is C28H29N5O3. The van der Waals surface area contributed by atoms with Crippen molar-refractivity contribution >= 4 is 17.5 Å². The standard InChI is InChI=1S/C28H29N5O3/c1-36-24-12-10-22(11-13-24)27(34)30-26(21-7-3-2-4-8-21)28(35)32-17-15-31(16-18-32)19-23-20-33-14-6-5-9-25(33)29-23/h2-14,20,26H,15-19H2,1H3,(H,30,34). The Kier molecular flexibility index (Phi) is 6.95. The smallest absolute Gasteiger partial charge is 0.252 e. The van der Waals surface area contributed by atoms with E-state index < -0.39 is 6.04 Å². The minimum absolute atomic E-state index is 0.101. The van der Waals surface area contributed by atoms with Crippen molar-refractivity contribution in [2.45, 2.75) is 12.6 Å². The minimum Gasteiger partial charge on any atom is -0.497 e. The first kappa shape index (κ1) is 23.6. The molecule has 184 valence electrons. The van der Waals surface area contributed by atoms with Gasteiger partial charge in [0.2, 0.25) is 5.91 Å². The number of carbonyl (C=O) groups is 2. The second-order valence-corrected chi connectivity index (χ2v) is 8.85. The lowest BCUT2D eigenvalue weighted by Gasteiger charge is -2.36. The predicted molar refractivity (Wildman–Crippen MR) is 137 cm³/mol. The van der Waals surface area contributed by atoms with Gasteiger partial charge < -0.3 is 19.4 Å². The topological polar surface area (TPSA) is 79.2 Å². The van der Waals surface area contributed by atoms with E-state index in [1.165, 1.54) is 0 Å². The number of methoxy groups -OCH3 is 1. The van der Waals surface area contributed by atoms with Crippen molar-refractivity contribution in [1.82, 2.24) is 24.5 Å². The molecule has 2 aromatic heterocycles. The van der Waals surface area contributed by atoms with E-state index in [-0.39, 0.29) is 11.8 Å². The lowest BCUT2D eigenvalue weighted by Crippen LogP contribution is -2.51. The maximum Gasteiger partial charge on any atom is 0.252 e. The van der Waals surface area contributed by atoms with Crippen molar-refractivity contribution in [2.24, 2.45) is 0 Å². The Morgan fingerprint density at radius 2 is 1.67 bits per heavy atom. The molecule has 0 saturated carbocycles. The van der Waals surface area contributed by atoms with Gasteiger partial charge in [-0.3, -0.25) is 14.5 Å². The minimum atomic E-state index is -0.759. The summed E-state index contributed by atoms with van der Waals surface area (Å²) in [4.78, 5) is 35.4. The first-order valence-corrected chi connectivity index (χ1v) is 12.0. The van der Waals surface area contributed by atoms with Gasteiger partial charge in [-0.2, -0.15) is 0 Å². The Morgan fingerprint density at radius 1 is 0.944 bits per heavy atom. The van der Waals surface area contributed by atoms with Crippen molar-refractivity contribution in [2.75, 3.05) is 33.3 Å². The van der Waals surface area contributed by atoms with E-state index in [4.69, 9.17) is 4.74 Å². The van der Waals surface area contributed by atoms with Crippen molar-refractivity contribution in [3.05, 3.63) is 102 Å². The Labute approximate surface area is 210 Å². The summed E-state index contributed by atoms with van der Waals surface area (Å²) in [5.41, 5.74) is 3.17. The van der Waals surface area contributed by atoms with Crippen molar-refractivity contribution in [3.8, 4) is 5.75 Å². The summed E-state index contributed by atoms with van der Waals surface area (Å²) < 4.78 is 7.20. The molecule has 1 N–H and O–H groups in total. The highest BCUT2D eigenvalue weighted by atomic mass is 16.5. The quantitative estimate of drug-likeness (QED) is 0.437. The fourth-order valence-electron chi connectivity index (χ4n) is 4.49. The fraction of sp³-hybridized carbons (Fsp3) is 0.250. The van der Waals surface area contributed by atoms with Crippen LogP contribution in [0.2, 0.25) is 0 Å². The monoisotopic (exact) mass is 483 g/mol. The van der Waals surface area contributed by atoms with Gasteiger partial charge in [0.05, 0.1) is 12.8 Å². The van der Waals surface area contributed by atoms with Crippen LogP contribution >= 0.6 is 0 Å². The fourth-order valence-corrected chi connectivity index (χ4v) is 4.49. The molecule has 1 fully saturated rings. The van der Waals surface area contributed by atoms with Gasteiger partial charge in [-0.25, -0.2) is 4.98 Å². The molecule has 1 aliphatic rings. The molecule has 0 radical (unpaired) electrons. The third kappa shape index (κ3) is 5.23. The molecule has 2 amide bonds. The van der Waals surface area contributed by atoms with E-state index in [1.54, 1.807) is 31.4 Å². The van der Waals surface area contributed by atoms with E-state index in [9.17, 15) is 9.59 Å². The molecule has 1 unspecified atom stereocenters. The number of ether oxygens (including phenoxy) is 1. The van der Waals surface area contributed by atoms with Crippen molar-refractivity contribution < 1.29 is 14.3 Å². The first-order chi connectivity index (χ1) is 17.6. The second-order valence-electron chi connectivity index (χ2n) is 8.85. The Bertz CT molecular complexity index is 1300. The summed E-state index contributed by atoms with van der Waals surface area (Å²) in [6, 6.07) is 21.4. The Balaban J connectivity index is 1.25. The number of amides is 2. The number of hydrogen-bond acceptors (Lipinski definition) is 5. The molecule has 0 spiro atoms. The maximum absolute atomic E-state index is 13.6. The van der Waals surface area contributed by atoms with Crippen LogP contribution in [-0.2, 0) is 11.3 Å². The number of aromatic nitrogens is 2. The van der Waals surface area contributed by atoms with Crippen LogP contribution in [-0.4, -0.2) is 64.3 Å². The van der Waals surface area contributed by atoms with Crippen LogP contribution in [0.15, 0.2) is 85.2 Å². The molecule has 36 heavy (non-hydrogen) atoms. The average molecular weight is 484 g/mol. The maximum atomic E-state index is 13.6. The molecular weight excluding hydrogens is 454 g/mol. The number of carbonyl (C=O) groups excluding carboxylic acids is 2. The number of fused-ring (bicyclic) bond motifs is 1. The van der Waals surface area contributed by atoms with Crippen LogP contribution in [0, 0.1) is 0 Å². The second kappa shape index (κ2) is 10.6. The van der Waals surface area contributed by atoms with Crippen LogP contribution in [0.4, 0.5) is 0 Å². The highest BCUT2D eigenvalue weighted by Crippen LogP contribution is 2.20. The zero-order valence-electron chi connectivity index (χ0n) is 20.2. The number of nitrogens with zero attached hydrogens (tertiary/aromatic N) is 4. The van der Waals surface area contributed by atoms with Crippen LogP contribution in [0.3, 0.4) is 0 Å². The summed E-state index contributed by atoms with van der Waals surface area (Å²) in [6.07, 6.45) is 4.04. The predicted octanol–water partition coefficient (Wildman–Crippen LogP) is 3.16. The van der Waals surface area contributed by atoms with Crippen LogP contribution in [0.5, 0.6) is 5.75 Å². The number of rotatable bonds is 7. The third-order valence-electron chi connectivity index (χ3n) is 6.49. The van der Waals surface area contributed by atoms with Crippen LogP contribution < -0.4 is 10.1 Å². The van der Waals surface area contributed by atoms with Gasteiger partial charge in [-0.15, -0.1) is 0 Å². The lowest BCUT2D eigenvalue weighted by molar-refractivity contribution is -0.135. The van der Waals surface area contributed by atoms with Crippen molar-refractivity contribution in [3.63, 3.8) is 0 Å². The molecule has 1 saturated heterocycles. The van der Waals surface area contributed by atoms with Gasteiger partial charge in [-0.1, -0.05) is 36.4 Å². The molecule has 4 aromatic rings. The summed E-state index contributed by atoms with van der Waals surface area (Å²) in [5.74, 6) is 0.268. The average Bonchev–Trinajstić information content (AvgIpc) is 3.34. The van der Waals surface area contributed by atoms with E-state index in [0.29, 0.717) is 24.4 Å². The zero-order chi connectivity index (χ0) is 24.9. The van der Waals surface area contributed by atoms with Crippen LogP contribution in [0.25, 0.3) is 5.65 Å². The van der Waals surface area contributed by atoms with Gasteiger partial charge in [-0.05, 0) is 42.0 Å². The van der Waals surface area contributed by atoms with E-state index in [1.807, 2.05) is 70.2 Å². The Hall–Kier alpha value is -4.17. The number of pyridine rings is 1. The molecule has 2 aromatic carbocycles. The summed E-state index contributed by atoms with van der Waals surface area (Å²) >= 11 is 0. The Morgan fingerprint density at radius 3 is 2.36 bits per heavy atom. The van der Waals surface area contributed by atoms with Gasteiger partial charge in [0.15, 0.2) is 0 Å². The largest absolute Gasteiger partial charge is 0.497 e. The highest BCUT2D eigenvalue weighted by Gasteiger charge is 2.30. The zero-order valence-corrected chi connectivity index (χ0v) is 20.2. The van der Waals surface area contributed by atoms with E-state index >= 15 is 0 Å². The number of benzene rings is 2. The molecule has 3 heterocycles. The van der Waals surface area contributed by atoms with Gasteiger partial charge in [0.1, 0.15) is 17.4 Å². The molecule has 0 aliphatic carbocycles. The molecule has 8 heteroatoms. The van der Waals surface area contributed by atoms with Crippen molar-refractivity contribution in [1.29, 1.82) is 0 Å². The molecule has 1 atom stereocenters. The number of imidazole rings is 1. The van der Waals surface area contributed by atoms with Crippen LogP contribution in [0.1, 0.15) is 27.7 Å². The lowest BCUT2D eigenvalue weighted by atomic mass is 10.0. The highest BCUT2D eigenvalue weighted by molar-refractivity contribution is 5.98. The molecule has 1 aliphatic heterocycles. The van der Waals surface area contributed by atoms with Gasteiger partial charge in [0.25, 0.3) is 5.91 Å². The van der Waals surface area contributed by atoms with E-state index in [2.05, 4.69) is 15.2 Å². The normalized spacial score (nSPS) is 15.0. The number of nitrogens with one attached hydrogen (secondary N) is 1.